The Morgan fingerprint density at radius 3 is 2.79 bits per heavy atom. The van der Waals surface area contributed by atoms with Gasteiger partial charge in [-0.3, -0.25) is 9.78 Å². The molecule has 0 atom stereocenters. The molecular formula is C13H9ClN4O. The Hall–Kier alpha value is -2.45. The van der Waals surface area contributed by atoms with Crippen LogP contribution < -0.4 is 4.90 Å². The maximum Gasteiger partial charge on any atom is 0.278 e. The van der Waals surface area contributed by atoms with Crippen molar-refractivity contribution in [2.24, 2.45) is 0 Å². The van der Waals surface area contributed by atoms with Gasteiger partial charge >= 0.3 is 0 Å². The number of hydrogen-bond acceptors (Lipinski definition) is 4. The number of carbonyl (C=O) groups is 1. The monoisotopic (exact) mass is 272 g/mol. The second-order valence-corrected chi connectivity index (χ2v) is 4.11. The van der Waals surface area contributed by atoms with Crippen LogP contribution in [0, 0.1) is 11.3 Å². The molecule has 1 amide bonds. The summed E-state index contributed by atoms with van der Waals surface area (Å²) < 4.78 is 0. The van der Waals surface area contributed by atoms with Gasteiger partial charge in [0.25, 0.3) is 5.91 Å². The molecule has 0 aliphatic heterocycles. The van der Waals surface area contributed by atoms with Crippen molar-refractivity contribution in [2.45, 2.75) is 0 Å². The fourth-order valence-corrected chi connectivity index (χ4v) is 1.73. The molecule has 1 aromatic carbocycles. The lowest BCUT2D eigenvalue weighted by Crippen LogP contribution is -2.28. The Kier molecular flexibility index (Phi) is 3.74. The summed E-state index contributed by atoms with van der Waals surface area (Å²) in [4.78, 5) is 21.3. The topological polar surface area (TPSA) is 69.9 Å². The van der Waals surface area contributed by atoms with Gasteiger partial charge in [0.05, 0.1) is 23.6 Å². The minimum atomic E-state index is -0.377. The first kappa shape index (κ1) is 13.0. The molecule has 94 valence electrons. The van der Waals surface area contributed by atoms with Crippen LogP contribution in [0.4, 0.5) is 5.69 Å². The summed E-state index contributed by atoms with van der Waals surface area (Å²) >= 11 is 5.70. The van der Waals surface area contributed by atoms with Gasteiger partial charge in [-0.05, 0) is 12.1 Å². The Morgan fingerprint density at radius 1 is 1.37 bits per heavy atom. The van der Waals surface area contributed by atoms with Crippen molar-refractivity contribution in [1.82, 2.24) is 9.97 Å². The molecule has 2 rings (SSSR count). The third-order valence-electron chi connectivity index (χ3n) is 2.51. The highest BCUT2D eigenvalue weighted by Crippen LogP contribution is 2.19. The van der Waals surface area contributed by atoms with E-state index in [0.717, 1.165) is 0 Å². The number of nitriles is 1. The van der Waals surface area contributed by atoms with Crippen molar-refractivity contribution >= 4 is 23.2 Å². The summed E-state index contributed by atoms with van der Waals surface area (Å²) in [5, 5.41) is 9.17. The van der Waals surface area contributed by atoms with Crippen LogP contribution in [0.2, 0.25) is 5.15 Å². The van der Waals surface area contributed by atoms with Gasteiger partial charge in [-0.1, -0.05) is 23.7 Å². The Morgan fingerprint density at radius 2 is 2.11 bits per heavy atom. The standard InChI is InChI=1S/C13H9ClN4O/c1-18(11-5-3-2-4-9(11)6-15)13(19)10-7-16-8-12(14)17-10/h2-5,7-8H,1H3. The highest BCUT2D eigenvalue weighted by Gasteiger charge is 2.17. The predicted octanol–water partition coefficient (Wildman–Crippen LogP) is 2.28. The van der Waals surface area contributed by atoms with Crippen LogP contribution in [-0.2, 0) is 0 Å². The molecule has 0 aliphatic carbocycles. The number of rotatable bonds is 2. The number of hydrogen-bond donors (Lipinski definition) is 0. The van der Waals surface area contributed by atoms with Crippen LogP contribution in [0.25, 0.3) is 0 Å². The van der Waals surface area contributed by atoms with E-state index in [4.69, 9.17) is 16.9 Å². The molecule has 2 aromatic rings. The molecule has 0 radical (unpaired) electrons. The van der Waals surface area contributed by atoms with E-state index in [-0.39, 0.29) is 16.8 Å². The third-order valence-corrected chi connectivity index (χ3v) is 2.70. The van der Waals surface area contributed by atoms with Gasteiger partial charge in [0.1, 0.15) is 16.9 Å². The van der Waals surface area contributed by atoms with E-state index in [1.165, 1.54) is 17.3 Å². The molecule has 1 heterocycles. The zero-order chi connectivity index (χ0) is 13.8. The van der Waals surface area contributed by atoms with Crippen molar-refractivity contribution in [3.8, 4) is 6.07 Å². The van der Waals surface area contributed by atoms with Crippen LogP contribution in [0.1, 0.15) is 16.1 Å². The fourth-order valence-electron chi connectivity index (χ4n) is 1.59. The van der Waals surface area contributed by atoms with Gasteiger partial charge in [-0.25, -0.2) is 4.98 Å². The summed E-state index contributed by atoms with van der Waals surface area (Å²) in [6.45, 7) is 0. The minimum Gasteiger partial charge on any atom is -0.309 e. The molecule has 0 fully saturated rings. The van der Waals surface area contributed by atoms with E-state index in [0.29, 0.717) is 11.3 Å². The predicted molar refractivity (Wildman–Crippen MR) is 70.9 cm³/mol. The SMILES string of the molecule is CN(C(=O)c1cncc(Cl)n1)c1ccccc1C#N. The highest BCUT2D eigenvalue weighted by molar-refractivity contribution is 6.29. The van der Waals surface area contributed by atoms with E-state index in [1.54, 1.807) is 31.3 Å². The lowest BCUT2D eigenvalue weighted by Gasteiger charge is -2.17. The number of benzene rings is 1. The van der Waals surface area contributed by atoms with Gasteiger partial charge in [0, 0.05) is 7.05 Å². The molecule has 0 spiro atoms. The molecular weight excluding hydrogens is 264 g/mol. The van der Waals surface area contributed by atoms with Crippen molar-refractivity contribution < 1.29 is 4.79 Å². The van der Waals surface area contributed by atoms with Crippen molar-refractivity contribution in [1.29, 1.82) is 5.26 Å². The fraction of sp³-hybridized carbons (Fsp3) is 0.0769. The van der Waals surface area contributed by atoms with Crippen LogP contribution in [0.15, 0.2) is 36.7 Å². The maximum absolute atomic E-state index is 12.2. The smallest absolute Gasteiger partial charge is 0.278 e. The van der Waals surface area contributed by atoms with E-state index in [2.05, 4.69) is 9.97 Å². The third kappa shape index (κ3) is 2.69. The number of anilines is 1. The molecule has 5 nitrogen and oxygen atoms in total. The Bertz CT molecular complexity index is 666. The van der Waals surface area contributed by atoms with Gasteiger partial charge in [0.15, 0.2) is 0 Å². The molecule has 0 unspecified atom stereocenters. The molecule has 1 aromatic heterocycles. The minimum absolute atomic E-state index is 0.128. The highest BCUT2D eigenvalue weighted by atomic mass is 35.5. The largest absolute Gasteiger partial charge is 0.309 e. The average molecular weight is 273 g/mol. The van der Waals surface area contributed by atoms with E-state index in [1.807, 2.05) is 6.07 Å². The van der Waals surface area contributed by atoms with Gasteiger partial charge in [-0.2, -0.15) is 5.26 Å². The summed E-state index contributed by atoms with van der Waals surface area (Å²) in [5.41, 5.74) is 1.05. The van der Waals surface area contributed by atoms with Gasteiger partial charge < -0.3 is 4.90 Å². The van der Waals surface area contributed by atoms with Crippen LogP contribution >= 0.6 is 11.6 Å². The molecule has 0 N–H and O–H groups in total. The average Bonchev–Trinajstić information content (AvgIpc) is 2.45. The zero-order valence-corrected chi connectivity index (χ0v) is 10.8. The first-order valence-electron chi connectivity index (χ1n) is 5.38. The van der Waals surface area contributed by atoms with Gasteiger partial charge in [0.2, 0.25) is 0 Å². The van der Waals surface area contributed by atoms with Gasteiger partial charge in [-0.15, -0.1) is 0 Å². The van der Waals surface area contributed by atoms with Crippen LogP contribution in [-0.4, -0.2) is 22.9 Å². The second kappa shape index (κ2) is 5.46. The van der Waals surface area contributed by atoms with Crippen molar-refractivity contribution in [3.63, 3.8) is 0 Å². The molecule has 0 aliphatic rings. The van der Waals surface area contributed by atoms with E-state index in [9.17, 15) is 4.79 Å². The van der Waals surface area contributed by atoms with Crippen molar-refractivity contribution in [2.75, 3.05) is 11.9 Å². The summed E-state index contributed by atoms with van der Waals surface area (Å²) in [5.74, 6) is -0.377. The number of amides is 1. The summed E-state index contributed by atoms with van der Waals surface area (Å²) in [6.07, 6.45) is 2.68. The lowest BCUT2D eigenvalue weighted by molar-refractivity contribution is 0.0988. The summed E-state index contributed by atoms with van der Waals surface area (Å²) in [7, 11) is 1.57. The van der Waals surface area contributed by atoms with Crippen molar-refractivity contribution in [3.05, 3.63) is 53.1 Å². The molecule has 0 bridgehead atoms. The molecule has 19 heavy (non-hydrogen) atoms. The zero-order valence-electron chi connectivity index (χ0n) is 10.0. The van der Waals surface area contributed by atoms with Crippen LogP contribution in [0.3, 0.4) is 0 Å². The Balaban J connectivity index is 2.37. The first-order chi connectivity index (χ1) is 9.13. The molecule has 0 saturated heterocycles. The van der Waals surface area contributed by atoms with Crippen LogP contribution in [0.5, 0.6) is 0 Å². The number of para-hydroxylation sites is 1. The second-order valence-electron chi connectivity index (χ2n) is 3.72. The van der Waals surface area contributed by atoms with E-state index >= 15 is 0 Å². The number of nitrogens with zero attached hydrogens (tertiary/aromatic N) is 4. The summed E-state index contributed by atoms with van der Waals surface area (Å²) in [6, 6.07) is 8.86. The molecule has 6 heteroatoms. The lowest BCUT2D eigenvalue weighted by atomic mass is 10.2. The normalized spacial score (nSPS) is 9.74. The number of carbonyl (C=O) groups excluding carboxylic acids is 1. The van der Waals surface area contributed by atoms with E-state index < -0.39 is 0 Å². The first-order valence-corrected chi connectivity index (χ1v) is 5.76. The number of aromatic nitrogens is 2. The number of halogens is 1. The Labute approximate surface area is 115 Å². The quantitative estimate of drug-likeness (QED) is 0.841. The maximum atomic E-state index is 12.2. The molecule has 0 saturated carbocycles.